The lowest BCUT2D eigenvalue weighted by atomic mass is 9.94. The number of ether oxygens (including phenoxy) is 1. The topological polar surface area (TPSA) is 70.6 Å². The average Bonchev–Trinajstić information content (AvgIpc) is 2.81. The predicted molar refractivity (Wildman–Crippen MR) is 116 cm³/mol. The molecule has 2 aliphatic rings. The summed E-state index contributed by atoms with van der Waals surface area (Å²) in [6.07, 6.45) is 6.89. The van der Waals surface area contributed by atoms with E-state index < -0.39 is 0 Å². The van der Waals surface area contributed by atoms with Crippen LogP contribution in [0.15, 0.2) is 36.5 Å². The van der Waals surface area contributed by atoms with Crippen molar-refractivity contribution in [2.45, 2.75) is 44.2 Å². The summed E-state index contributed by atoms with van der Waals surface area (Å²) in [7, 11) is 1.94. The van der Waals surface area contributed by atoms with Crippen LogP contribution in [0.3, 0.4) is 0 Å². The minimum atomic E-state index is -0.383. The maximum atomic E-state index is 13.1. The van der Waals surface area contributed by atoms with Gasteiger partial charge in [-0.15, -0.1) is 0 Å². The summed E-state index contributed by atoms with van der Waals surface area (Å²) in [5.74, 6) is 0.934. The number of carbonyl (C=O) groups excluding carboxylic acids is 1. The number of rotatable bonds is 6. The van der Waals surface area contributed by atoms with Crippen LogP contribution in [0.4, 0.5) is 16.0 Å². The van der Waals surface area contributed by atoms with Crippen LogP contribution in [0.5, 0.6) is 0 Å². The molecular weight excluding hydrogens is 397 g/mol. The Bertz CT molecular complexity index is 873. The molecule has 2 fully saturated rings. The highest BCUT2D eigenvalue weighted by atomic mass is 19.1. The smallest absolute Gasteiger partial charge is 0.236 e. The van der Waals surface area contributed by atoms with Gasteiger partial charge in [0.2, 0.25) is 5.91 Å². The van der Waals surface area contributed by atoms with Gasteiger partial charge in [-0.3, -0.25) is 9.69 Å². The molecule has 7 nitrogen and oxygen atoms in total. The van der Waals surface area contributed by atoms with Crippen molar-refractivity contribution >= 4 is 17.5 Å². The van der Waals surface area contributed by atoms with Crippen LogP contribution in [0.25, 0.3) is 0 Å². The first-order valence-electron chi connectivity index (χ1n) is 11.0. The van der Waals surface area contributed by atoms with E-state index in [1.807, 2.05) is 30.1 Å². The Balaban J connectivity index is 1.35. The van der Waals surface area contributed by atoms with Crippen molar-refractivity contribution in [1.29, 1.82) is 0 Å². The van der Waals surface area contributed by atoms with Gasteiger partial charge in [-0.05, 0) is 37.1 Å². The number of nitrogens with one attached hydrogen (secondary N) is 1. The lowest BCUT2D eigenvalue weighted by Crippen LogP contribution is -2.47. The summed E-state index contributed by atoms with van der Waals surface area (Å²) in [5, 5.41) is 3.09. The second kappa shape index (κ2) is 10.2. The first-order valence-corrected chi connectivity index (χ1v) is 11.0. The Morgan fingerprint density at radius 3 is 2.84 bits per heavy atom. The number of likely N-dealkylation sites (N-methyl/N-ethyl adjacent to an activating group) is 1. The Kier molecular flexibility index (Phi) is 7.09. The molecule has 1 N–H and O–H groups in total. The normalized spacial score (nSPS) is 20.4. The van der Waals surface area contributed by atoms with Gasteiger partial charge in [-0.25, -0.2) is 14.4 Å². The number of pyridine rings is 2. The van der Waals surface area contributed by atoms with Crippen molar-refractivity contribution in [2.75, 3.05) is 38.6 Å². The SMILES string of the molecule is CN(C(=O)CN1CCOC(c2cccc(Nc3ccc(F)cn3)n2)C1)C1CCCCC1. The van der Waals surface area contributed by atoms with Gasteiger partial charge < -0.3 is 15.0 Å². The van der Waals surface area contributed by atoms with Gasteiger partial charge in [0.1, 0.15) is 23.6 Å². The lowest BCUT2D eigenvalue weighted by Gasteiger charge is -2.36. The maximum absolute atomic E-state index is 13.1. The first kappa shape index (κ1) is 21.6. The van der Waals surface area contributed by atoms with Crippen molar-refractivity contribution in [2.24, 2.45) is 0 Å². The maximum Gasteiger partial charge on any atom is 0.236 e. The third-order valence-corrected chi connectivity index (χ3v) is 6.11. The number of morpholine rings is 1. The molecule has 8 heteroatoms. The van der Waals surface area contributed by atoms with Gasteiger partial charge >= 0.3 is 0 Å². The molecule has 31 heavy (non-hydrogen) atoms. The lowest BCUT2D eigenvalue weighted by molar-refractivity contribution is -0.135. The molecule has 3 heterocycles. The third-order valence-electron chi connectivity index (χ3n) is 6.11. The van der Waals surface area contributed by atoms with Crippen molar-refractivity contribution in [1.82, 2.24) is 19.8 Å². The van der Waals surface area contributed by atoms with Gasteiger partial charge in [0.05, 0.1) is 25.0 Å². The summed E-state index contributed by atoms with van der Waals surface area (Å²) in [6.45, 7) is 2.32. The summed E-state index contributed by atoms with van der Waals surface area (Å²) < 4.78 is 19.0. The highest BCUT2D eigenvalue weighted by Crippen LogP contribution is 2.24. The number of nitrogens with zero attached hydrogens (tertiary/aromatic N) is 4. The molecule has 0 aromatic carbocycles. The standard InChI is InChI=1S/C23H30FN5O2/c1-28(18-6-3-2-4-7-18)23(30)16-29-12-13-31-20(15-29)19-8-5-9-22(26-19)27-21-11-10-17(24)14-25-21/h5,8-11,14,18,20H,2-4,6-7,12-13,15-16H2,1H3,(H,25,26,27). The zero-order valence-corrected chi connectivity index (χ0v) is 18.0. The van der Waals surface area contributed by atoms with Crippen LogP contribution in [-0.2, 0) is 9.53 Å². The molecule has 166 valence electrons. The number of anilines is 2. The fourth-order valence-electron chi connectivity index (χ4n) is 4.28. The van der Waals surface area contributed by atoms with Gasteiger partial charge in [-0.1, -0.05) is 25.3 Å². The number of amides is 1. The van der Waals surface area contributed by atoms with E-state index in [9.17, 15) is 9.18 Å². The fraction of sp³-hybridized carbons (Fsp3) is 0.522. The van der Waals surface area contributed by atoms with Gasteiger partial charge in [0.15, 0.2) is 0 Å². The van der Waals surface area contributed by atoms with E-state index >= 15 is 0 Å². The molecule has 4 rings (SSSR count). The van der Waals surface area contributed by atoms with E-state index in [4.69, 9.17) is 4.74 Å². The highest BCUT2D eigenvalue weighted by molar-refractivity contribution is 5.78. The molecule has 0 bridgehead atoms. The molecule has 2 aromatic heterocycles. The van der Waals surface area contributed by atoms with Crippen LogP contribution < -0.4 is 5.32 Å². The summed E-state index contributed by atoms with van der Waals surface area (Å²) in [5.41, 5.74) is 0.796. The van der Waals surface area contributed by atoms with Crippen LogP contribution in [0.2, 0.25) is 0 Å². The molecule has 1 saturated heterocycles. The minimum Gasteiger partial charge on any atom is -0.369 e. The molecule has 1 aliphatic carbocycles. The summed E-state index contributed by atoms with van der Waals surface area (Å²) >= 11 is 0. The largest absolute Gasteiger partial charge is 0.369 e. The monoisotopic (exact) mass is 427 g/mol. The van der Waals surface area contributed by atoms with Crippen molar-refractivity contribution < 1.29 is 13.9 Å². The third kappa shape index (κ3) is 5.77. The molecule has 1 saturated carbocycles. The van der Waals surface area contributed by atoms with Crippen molar-refractivity contribution in [3.8, 4) is 0 Å². The Hall–Kier alpha value is -2.58. The van der Waals surface area contributed by atoms with E-state index in [2.05, 4.69) is 20.2 Å². The predicted octanol–water partition coefficient (Wildman–Crippen LogP) is 3.52. The highest BCUT2D eigenvalue weighted by Gasteiger charge is 2.28. The van der Waals surface area contributed by atoms with Gasteiger partial charge in [-0.2, -0.15) is 0 Å². The van der Waals surface area contributed by atoms with E-state index in [0.717, 1.165) is 31.3 Å². The van der Waals surface area contributed by atoms with E-state index in [0.29, 0.717) is 37.4 Å². The van der Waals surface area contributed by atoms with Crippen LogP contribution in [0, 0.1) is 5.82 Å². The summed E-state index contributed by atoms with van der Waals surface area (Å²) in [6, 6.07) is 8.95. The zero-order chi connectivity index (χ0) is 21.6. The molecule has 1 amide bonds. The summed E-state index contributed by atoms with van der Waals surface area (Å²) in [4.78, 5) is 25.6. The molecule has 2 aromatic rings. The second-order valence-electron chi connectivity index (χ2n) is 8.33. The number of halogens is 1. The van der Waals surface area contributed by atoms with E-state index in [-0.39, 0.29) is 17.8 Å². The Labute approximate surface area is 182 Å². The van der Waals surface area contributed by atoms with E-state index in [1.54, 1.807) is 6.07 Å². The molecule has 1 unspecified atom stereocenters. The molecule has 1 atom stereocenters. The minimum absolute atomic E-state index is 0.179. The fourth-order valence-corrected chi connectivity index (χ4v) is 4.28. The zero-order valence-electron chi connectivity index (χ0n) is 18.0. The second-order valence-corrected chi connectivity index (χ2v) is 8.33. The Morgan fingerprint density at radius 2 is 2.06 bits per heavy atom. The number of hydrogen-bond donors (Lipinski definition) is 1. The number of carbonyl (C=O) groups is 1. The number of hydrogen-bond acceptors (Lipinski definition) is 6. The first-order chi connectivity index (χ1) is 15.1. The average molecular weight is 428 g/mol. The molecule has 0 radical (unpaired) electrons. The van der Waals surface area contributed by atoms with Crippen LogP contribution in [-0.4, -0.2) is 65.0 Å². The quantitative estimate of drug-likeness (QED) is 0.761. The molecule has 1 aliphatic heterocycles. The Morgan fingerprint density at radius 1 is 1.23 bits per heavy atom. The van der Waals surface area contributed by atoms with Gasteiger partial charge in [0.25, 0.3) is 0 Å². The molecule has 0 spiro atoms. The van der Waals surface area contributed by atoms with Crippen LogP contribution >= 0.6 is 0 Å². The van der Waals surface area contributed by atoms with Crippen molar-refractivity contribution in [3.63, 3.8) is 0 Å². The number of aromatic nitrogens is 2. The van der Waals surface area contributed by atoms with E-state index in [1.165, 1.54) is 25.3 Å². The van der Waals surface area contributed by atoms with Crippen LogP contribution in [0.1, 0.15) is 43.9 Å². The van der Waals surface area contributed by atoms with Crippen molar-refractivity contribution in [3.05, 3.63) is 48.0 Å². The van der Waals surface area contributed by atoms with Gasteiger partial charge in [0, 0.05) is 26.2 Å². The molecular formula is C23H30FN5O2.